The Kier molecular flexibility index (Phi) is 4.49. The van der Waals surface area contributed by atoms with Crippen LogP contribution >= 0.6 is 11.8 Å². The number of hydrogen-bond acceptors (Lipinski definition) is 7. The summed E-state index contributed by atoms with van der Waals surface area (Å²) >= 11 is 1.51. The van der Waals surface area contributed by atoms with Crippen molar-refractivity contribution >= 4 is 29.2 Å². The molecule has 2 aromatic rings. The lowest BCUT2D eigenvalue weighted by Gasteiger charge is -2.38. The Balaban J connectivity index is 1.90. The second kappa shape index (κ2) is 6.73. The molecule has 2 heterocycles. The zero-order valence-electron chi connectivity index (χ0n) is 15.9. The highest BCUT2D eigenvalue weighted by molar-refractivity contribution is 7.99. The van der Waals surface area contributed by atoms with Crippen molar-refractivity contribution in [1.29, 1.82) is 0 Å². The van der Waals surface area contributed by atoms with Gasteiger partial charge in [0.15, 0.2) is 5.78 Å². The van der Waals surface area contributed by atoms with Gasteiger partial charge in [-0.2, -0.15) is 4.98 Å². The SMILES string of the molecule is CCSc1nc2n(n1)[C@H](c1cccc([N+](=O)[O-])c1)C1=C(CC(C)(C)CC1=O)N2. The number of nitro groups is 1. The number of nitrogens with zero attached hydrogens (tertiary/aromatic N) is 4. The zero-order chi connectivity index (χ0) is 20.1. The first-order valence-corrected chi connectivity index (χ1v) is 10.1. The van der Waals surface area contributed by atoms with Crippen LogP contribution in [0.15, 0.2) is 40.7 Å². The van der Waals surface area contributed by atoms with Crippen LogP contribution in [-0.2, 0) is 4.79 Å². The molecule has 1 aromatic carbocycles. The molecule has 1 atom stereocenters. The largest absolute Gasteiger partial charge is 0.328 e. The highest BCUT2D eigenvalue weighted by Crippen LogP contribution is 2.45. The molecule has 9 heteroatoms. The van der Waals surface area contributed by atoms with Crippen LogP contribution in [0.4, 0.5) is 11.6 Å². The molecule has 1 N–H and O–H groups in total. The topological polar surface area (TPSA) is 103 Å². The number of carbonyl (C=O) groups excluding carboxylic acids is 1. The van der Waals surface area contributed by atoms with Gasteiger partial charge in [-0.05, 0) is 23.2 Å². The maximum Gasteiger partial charge on any atom is 0.269 e. The van der Waals surface area contributed by atoms with E-state index in [0.717, 1.165) is 11.4 Å². The van der Waals surface area contributed by atoms with Crippen LogP contribution in [0.2, 0.25) is 0 Å². The quantitative estimate of drug-likeness (QED) is 0.471. The molecule has 4 rings (SSSR count). The van der Waals surface area contributed by atoms with Gasteiger partial charge in [0, 0.05) is 29.8 Å². The number of fused-ring (bicyclic) bond motifs is 1. The van der Waals surface area contributed by atoms with Crippen molar-refractivity contribution in [2.45, 2.75) is 44.8 Å². The smallest absolute Gasteiger partial charge is 0.269 e. The molecule has 1 aliphatic carbocycles. The summed E-state index contributed by atoms with van der Waals surface area (Å²) in [4.78, 5) is 28.5. The monoisotopic (exact) mass is 399 g/mol. The Morgan fingerprint density at radius 3 is 2.89 bits per heavy atom. The molecule has 0 radical (unpaired) electrons. The number of thioether (sulfide) groups is 1. The van der Waals surface area contributed by atoms with Crippen molar-refractivity contribution in [2.24, 2.45) is 5.41 Å². The third kappa shape index (κ3) is 3.19. The summed E-state index contributed by atoms with van der Waals surface area (Å²) in [5, 5.41) is 19.8. The maximum atomic E-state index is 13.1. The fourth-order valence-electron chi connectivity index (χ4n) is 3.90. The first kappa shape index (κ1) is 18.7. The van der Waals surface area contributed by atoms with Crippen LogP contribution in [-0.4, -0.2) is 31.2 Å². The molecule has 0 bridgehead atoms. The average molecular weight is 399 g/mol. The van der Waals surface area contributed by atoms with Gasteiger partial charge >= 0.3 is 0 Å². The first-order chi connectivity index (χ1) is 13.3. The third-order valence-corrected chi connectivity index (χ3v) is 5.70. The Hall–Kier alpha value is -2.68. The van der Waals surface area contributed by atoms with Crippen LogP contribution in [0.5, 0.6) is 0 Å². The number of nitrogens with one attached hydrogen (secondary N) is 1. The number of allylic oxidation sites excluding steroid dienone is 2. The average Bonchev–Trinajstić information content (AvgIpc) is 3.01. The number of hydrogen-bond donors (Lipinski definition) is 1. The molecule has 1 aromatic heterocycles. The number of benzene rings is 1. The van der Waals surface area contributed by atoms with Gasteiger partial charge < -0.3 is 5.32 Å². The lowest BCUT2D eigenvalue weighted by molar-refractivity contribution is -0.384. The molecule has 1 aliphatic heterocycles. The number of nitro benzene ring substituents is 1. The minimum Gasteiger partial charge on any atom is -0.328 e. The third-order valence-electron chi connectivity index (χ3n) is 4.98. The Labute approximate surface area is 166 Å². The molecule has 0 unspecified atom stereocenters. The summed E-state index contributed by atoms with van der Waals surface area (Å²) in [5.74, 6) is 1.43. The van der Waals surface area contributed by atoms with Crippen LogP contribution in [0.1, 0.15) is 45.2 Å². The lowest BCUT2D eigenvalue weighted by Crippen LogP contribution is -2.36. The van der Waals surface area contributed by atoms with Crippen molar-refractivity contribution in [1.82, 2.24) is 14.8 Å². The van der Waals surface area contributed by atoms with E-state index >= 15 is 0 Å². The summed E-state index contributed by atoms with van der Waals surface area (Å²) in [6.45, 7) is 6.15. The van der Waals surface area contributed by atoms with Gasteiger partial charge in [0.25, 0.3) is 5.69 Å². The van der Waals surface area contributed by atoms with Gasteiger partial charge in [-0.15, -0.1) is 5.10 Å². The second-order valence-corrected chi connectivity index (χ2v) is 9.04. The summed E-state index contributed by atoms with van der Waals surface area (Å²) in [7, 11) is 0. The van der Waals surface area contributed by atoms with E-state index < -0.39 is 11.0 Å². The summed E-state index contributed by atoms with van der Waals surface area (Å²) in [6.07, 6.45) is 1.14. The van der Waals surface area contributed by atoms with E-state index in [1.807, 2.05) is 6.92 Å². The number of rotatable bonds is 4. The minimum absolute atomic E-state index is 0.00778. The molecule has 28 heavy (non-hydrogen) atoms. The Bertz CT molecular complexity index is 1010. The van der Waals surface area contributed by atoms with Crippen molar-refractivity contribution in [3.63, 3.8) is 0 Å². The van der Waals surface area contributed by atoms with Gasteiger partial charge in [0.2, 0.25) is 11.1 Å². The molecule has 0 spiro atoms. The standard InChI is InChI=1S/C19H21N5O3S/c1-4-28-18-21-17-20-13-9-19(2,3)10-14(25)15(13)16(23(17)22-18)11-6-5-7-12(8-11)24(26)27/h5-8,16H,4,9-10H2,1-3H3,(H,20,21,22)/t16-/m1/s1. The van der Waals surface area contributed by atoms with Crippen molar-refractivity contribution in [3.05, 3.63) is 51.2 Å². The van der Waals surface area contributed by atoms with E-state index in [2.05, 4.69) is 29.2 Å². The van der Waals surface area contributed by atoms with Gasteiger partial charge in [0.1, 0.15) is 6.04 Å². The molecule has 2 aliphatic rings. The van der Waals surface area contributed by atoms with Crippen molar-refractivity contribution in [2.75, 3.05) is 11.1 Å². The van der Waals surface area contributed by atoms with E-state index in [0.29, 0.717) is 35.1 Å². The van der Waals surface area contributed by atoms with Crippen LogP contribution in [0, 0.1) is 15.5 Å². The van der Waals surface area contributed by atoms with Crippen molar-refractivity contribution < 1.29 is 9.72 Å². The molecule has 0 saturated carbocycles. The number of carbonyl (C=O) groups is 1. The molecule has 0 saturated heterocycles. The van der Waals surface area contributed by atoms with E-state index in [1.54, 1.807) is 16.8 Å². The Morgan fingerprint density at radius 2 is 2.18 bits per heavy atom. The summed E-state index contributed by atoms with van der Waals surface area (Å²) in [6, 6.07) is 5.90. The number of ketones is 1. The number of Topliss-reactive ketones (excluding diaryl/α,β-unsaturated/α-hetero) is 1. The fourth-order valence-corrected chi connectivity index (χ4v) is 4.45. The van der Waals surface area contributed by atoms with Gasteiger partial charge in [-0.1, -0.05) is 44.7 Å². The lowest BCUT2D eigenvalue weighted by atomic mass is 9.73. The van der Waals surface area contributed by atoms with E-state index in [1.165, 1.54) is 23.9 Å². The summed E-state index contributed by atoms with van der Waals surface area (Å²) in [5.41, 5.74) is 1.97. The zero-order valence-corrected chi connectivity index (χ0v) is 16.7. The highest BCUT2D eigenvalue weighted by Gasteiger charge is 2.42. The molecule has 146 valence electrons. The fraction of sp³-hybridized carbons (Fsp3) is 0.421. The van der Waals surface area contributed by atoms with Crippen LogP contribution in [0.3, 0.4) is 0 Å². The number of anilines is 1. The second-order valence-electron chi connectivity index (χ2n) is 7.81. The molecule has 0 amide bonds. The number of non-ortho nitro benzene ring substituents is 1. The van der Waals surface area contributed by atoms with Gasteiger partial charge in [-0.3, -0.25) is 14.9 Å². The molecule has 8 nitrogen and oxygen atoms in total. The van der Waals surface area contributed by atoms with Crippen LogP contribution < -0.4 is 5.32 Å². The number of aromatic nitrogens is 3. The van der Waals surface area contributed by atoms with Gasteiger partial charge in [-0.25, -0.2) is 4.68 Å². The minimum atomic E-state index is -0.520. The molecule has 0 fully saturated rings. The highest BCUT2D eigenvalue weighted by atomic mass is 32.2. The van der Waals surface area contributed by atoms with E-state index in [4.69, 9.17) is 0 Å². The van der Waals surface area contributed by atoms with Crippen molar-refractivity contribution in [3.8, 4) is 0 Å². The summed E-state index contributed by atoms with van der Waals surface area (Å²) < 4.78 is 1.69. The van der Waals surface area contributed by atoms with Gasteiger partial charge in [0.05, 0.1) is 4.92 Å². The van der Waals surface area contributed by atoms with E-state index in [9.17, 15) is 14.9 Å². The first-order valence-electron chi connectivity index (χ1n) is 9.16. The van der Waals surface area contributed by atoms with E-state index in [-0.39, 0.29) is 16.9 Å². The van der Waals surface area contributed by atoms with Crippen LogP contribution in [0.25, 0.3) is 0 Å². The predicted octanol–water partition coefficient (Wildman–Crippen LogP) is 3.96. The maximum absolute atomic E-state index is 13.1. The normalized spacial score (nSPS) is 20.4. The molecular formula is C19H21N5O3S. The molecular weight excluding hydrogens is 378 g/mol. The predicted molar refractivity (Wildman–Crippen MR) is 106 cm³/mol. The Morgan fingerprint density at radius 1 is 1.39 bits per heavy atom.